The topological polar surface area (TPSA) is 56.0 Å². The Morgan fingerprint density at radius 2 is 1.94 bits per heavy atom. The number of hydrogen-bond donors (Lipinski definition) is 1. The zero-order chi connectivity index (χ0) is 12.6. The lowest BCUT2D eigenvalue weighted by atomic mass is 10.1. The maximum Gasteiger partial charge on any atom is 0.416 e. The lowest BCUT2D eigenvalue weighted by molar-refractivity contribution is -0.137. The van der Waals surface area contributed by atoms with Crippen molar-refractivity contribution in [3.63, 3.8) is 0 Å². The minimum atomic E-state index is -4.42. The number of fused-ring (bicyclic) bond motifs is 1. The molecule has 0 saturated heterocycles. The average Bonchev–Trinajstić information content (AvgIpc) is 2.26. The number of carbonyl (C=O) groups is 1. The highest BCUT2D eigenvalue weighted by atomic mass is 19.4. The number of rotatable bonds is 1. The Balaban J connectivity index is 2.62. The van der Waals surface area contributed by atoms with Gasteiger partial charge in [0.05, 0.1) is 16.6 Å². The molecular formula is C11H7F3N2O. The number of nitrogens with two attached hydrogens (primary N) is 1. The monoisotopic (exact) mass is 240 g/mol. The standard InChI is InChI=1S/C11H7F3N2O/c12-11(13,14)8-1-2-9-6(4-8)3-7(5-16-9)10(15)17/h1-5H,(H2,15,17). The first-order valence-corrected chi connectivity index (χ1v) is 4.65. The number of hydrogen-bond acceptors (Lipinski definition) is 2. The second kappa shape index (κ2) is 3.73. The highest BCUT2D eigenvalue weighted by Gasteiger charge is 2.30. The zero-order valence-electron chi connectivity index (χ0n) is 8.45. The first kappa shape index (κ1) is 11.4. The minimum Gasteiger partial charge on any atom is -0.366 e. The minimum absolute atomic E-state index is 0.0804. The van der Waals surface area contributed by atoms with Crippen LogP contribution >= 0.6 is 0 Å². The largest absolute Gasteiger partial charge is 0.416 e. The van der Waals surface area contributed by atoms with Crippen LogP contribution in [0, 0.1) is 0 Å². The molecule has 0 aliphatic heterocycles. The number of nitrogens with zero attached hydrogens (tertiary/aromatic N) is 1. The molecule has 2 aromatic rings. The van der Waals surface area contributed by atoms with Crippen LogP contribution in [0.3, 0.4) is 0 Å². The quantitative estimate of drug-likeness (QED) is 0.831. The van der Waals surface area contributed by atoms with Crippen molar-refractivity contribution < 1.29 is 18.0 Å². The van der Waals surface area contributed by atoms with Crippen molar-refractivity contribution in [2.75, 3.05) is 0 Å². The Labute approximate surface area is 94.1 Å². The SMILES string of the molecule is NC(=O)c1cnc2ccc(C(F)(F)F)cc2c1. The summed E-state index contributed by atoms with van der Waals surface area (Å²) >= 11 is 0. The van der Waals surface area contributed by atoms with E-state index in [0.717, 1.165) is 12.1 Å². The third kappa shape index (κ3) is 2.20. The highest BCUT2D eigenvalue weighted by Crippen LogP contribution is 2.31. The van der Waals surface area contributed by atoms with Gasteiger partial charge < -0.3 is 5.73 Å². The molecule has 2 N–H and O–H groups in total. The number of primary amides is 1. The predicted molar refractivity (Wildman–Crippen MR) is 55.3 cm³/mol. The fourth-order valence-corrected chi connectivity index (χ4v) is 1.44. The first-order valence-electron chi connectivity index (χ1n) is 4.65. The maximum atomic E-state index is 12.5. The van der Waals surface area contributed by atoms with Crippen LogP contribution in [0.5, 0.6) is 0 Å². The molecule has 0 spiro atoms. The molecule has 1 heterocycles. The second-order valence-electron chi connectivity index (χ2n) is 3.49. The van der Waals surface area contributed by atoms with Gasteiger partial charge in [0.2, 0.25) is 5.91 Å². The summed E-state index contributed by atoms with van der Waals surface area (Å²) in [7, 11) is 0. The molecule has 0 atom stereocenters. The van der Waals surface area contributed by atoms with Gasteiger partial charge in [-0.25, -0.2) is 0 Å². The summed E-state index contributed by atoms with van der Waals surface area (Å²) in [4.78, 5) is 14.7. The van der Waals surface area contributed by atoms with Crippen molar-refractivity contribution in [3.8, 4) is 0 Å². The average molecular weight is 240 g/mol. The van der Waals surface area contributed by atoms with Crippen LogP contribution in [-0.4, -0.2) is 10.9 Å². The molecule has 6 heteroatoms. The number of carbonyl (C=O) groups excluding carboxylic acids is 1. The van der Waals surface area contributed by atoms with E-state index >= 15 is 0 Å². The predicted octanol–water partition coefficient (Wildman–Crippen LogP) is 2.35. The van der Waals surface area contributed by atoms with Crippen molar-refractivity contribution in [3.05, 3.63) is 41.6 Å². The Morgan fingerprint density at radius 3 is 2.53 bits per heavy atom. The van der Waals surface area contributed by atoms with Crippen LogP contribution in [0.4, 0.5) is 13.2 Å². The molecule has 17 heavy (non-hydrogen) atoms. The van der Waals surface area contributed by atoms with E-state index in [9.17, 15) is 18.0 Å². The molecule has 0 unspecified atom stereocenters. The Kier molecular flexibility index (Phi) is 2.49. The fourth-order valence-electron chi connectivity index (χ4n) is 1.44. The molecule has 1 aromatic heterocycles. The van der Waals surface area contributed by atoms with E-state index in [2.05, 4.69) is 4.98 Å². The Hall–Kier alpha value is -2.11. The smallest absolute Gasteiger partial charge is 0.366 e. The summed E-state index contributed by atoms with van der Waals surface area (Å²) in [6.45, 7) is 0. The van der Waals surface area contributed by atoms with E-state index in [1.54, 1.807) is 0 Å². The van der Waals surface area contributed by atoms with E-state index in [1.165, 1.54) is 18.3 Å². The van der Waals surface area contributed by atoms with Crippen LogP contribution in [-0.2, 0) is 6.18 Å². The van der Waals surface area contributed by atoms with Gasteiger partial charge >= 0.3 is 6.18 Å². The van der Waals surface area contributed by atoms with Crippen LogP contribution < -0.4 is 5.73 Å². The summed E-state index contributed by atoms with van der Waals surface area (Å²) in [5.41, 5.74) is 4.70. The molecule has 0 aliphatic carbocycles. The number of pyridine rings is 1. The van der Waals surface area contributed by atoms with Gasteiger partial charge in [0.15, 0.2) is 0 Å². The van der Waals surface area contributed by atoms with Crippen LogP contribution in [0.25, 0.3) is 10.9 Å². The van der Waals surface area contributed by atoms with Gasteiger partial charge in [-0.05, 0) is 24.3 Å². The lowest BCUT2D eigenvalue weighted by Crippen LogP contribution is -2.11. The van der Waals surface area contributed by atoms with Crippen LogP contribution in [0.15, 0.2) is 30.5 Å². The number of halogens is 3. The molecule has 0 bridgehead atoms. The normalized spacial score (nSPS) is 11.7. The fraction of sp³-hybridized carbons (Fsp3) is 0.0909. The van der Waals surface area contributed by atoms with Gasteiger partial charge in [-0.2, -0.15) is 13.2 Å². The van der Waals surface area contributed by atoms with E-state index in [-0.39, 0.29) is 10.9 Å². The molecule has 0 fully saturated rings. The third-order valence-corrected chi connectivity index (χ3v) is 2.29. The summed E-state index contributed by atoms with van der Waals surface area (Å²) < 4.78 is 37.4. The maximum absolute atomic E-state index is 12.5. The van der Waals surface area contributed by atoms with Gasteiger partial charge in [-0.15, -0.1) is 0 Å². The number of aromatic nitrogens is 1. The molecule has 2 rings (SSSR count). The van der Waals surface area contributed by atoms with E-state index < -0.39 is 17.6 Å². The first-order chi connectivity index (χ1) is 7.88. The number of amides is 1. The molecule has 0 radical (unpaired) electrons. The highest BCUT2D eigenvalue weighted by molar-refractivity contribution is 5.96. The zero-order valence-corrected chi connectivity index (χ0v) is 8.45. The summed E-state index contributed by atoms with van der Waals surface area (Å²) in [6, 6.07) is 4.43. The van der Waals surface area contributed by atoms with Gasteiger partial charge in [0.1, 0.15) is 0 Å². The van der Waals surface area contributed by atoms with Crippen LogP contribution in [0.1, 0.15) is 15.9 Å². The molecular weight excluding hydrogens is 233 g/mol. The van der Waals surface area contributed by atoms with Crippen molar-refractivity contribution >= 4 is 16.8 Å². The molecule has 88 valence electrons. The Bertz CT molecular complexity index is 593. The third-order valence-electron chi connectivity index (χ3n) is 2.29. The summed E-state index contributed by atoms with van der Waals surface area (Å²) in [5, 5.41) is 0.233. The second-order valence-corrected chi connectivity index (χ2v) is 3.49. The number of alkyl halides is 3. The van der Waals surface area contributed by atoms with Gasteiger partial charge in [-0.3, -0.25) is 9.78 Å². The van der Waals surface area contributed by atoms with Gasteiger partial charge in [0, 0.05) is 11.6 Å². The summed E-state index contributed by atoms with van der Waals surface area (Å²) in [6.07, 6.45) is -3.19. The molecule has 1 aromatic carbocycles. The van der Waals surface area contributed by atoms with E-state index in [4.69, 9.17) is 5.73 Å². The Morgan fingerprint density at radius 1 is 1.24 bits per heavy atom. The number of benzene rings is 1. The van der Waals surface area contributed by atoms with Crippen molar-refractivity contribution in [2.45, 2.75) is 6.18 Å². The summed E-state index contributed by atoms with van der Waals surface area (Å²) in [5.74, 6) is -0.725. The van der Waals surface area contributed by atoms with Gasteiger partial charge in [0.25, 0.3) is 0 Å². The molecule has 3 nitrogen and oxygen atoms in total. The van der Waals surface area contributed by atoms with E-state index in [0.29, 0.717) is 5.52 Å². The van der Waals surface area contributed by atoms with Crippen molar-refractivity contribution in [2.24, 2.45) is 5.73 Å². The molecule has 0 saturated carbocycles. The van der Waals surface area contributed by atoms with E-state index in [1.807, 2.05) is 0 Å². The molecule has 1 amide bonds. The van der Waals surface area contributed by atoms with Crippen molar-refractivity contribution in [1.82, 2.24) is 4.98 Å². The molecule has 0 aliphatic rings. The van der Waals surface area contributed by atoms with Gasteiger partial charge in [-0.1, -0.05) is 0 Å². The van der Waals surface area contributed by atoms with Crippen LogP contribution in [0.2, 0.25) is 0 Å². The van der Waals surface area contributed by atoms with Crippen molar-refractivity contribution in [1.29, 1.82) is 0 Å². The lowest BCUT2D eigenvalue weighted by Gasteiger charge is -2.07.